The predicted molar refractivity (Wildman–Crippen MR) is 89.5 cm³/mol. The molecular weight excluding hydrogens is 314 g/mol. The highest BCUT2D eigenvalue weighted by Gasteiger charge is 2.14. The predicted octanol–water partition coefficient (Wildman–Crippen LogP) is 5.25. The Morgan fingerprint density at radius 2 is 1.95 bits per heavy atom. The molecule has 1 N–H and O–H groups in total. The molecule has 0 spiro atoms. The molecule has 0 fully saturated rings. The van der Waals surface area contributed by atoms with Crippen LogP contribution in [-0.2, 0) is 6.42 Å². The molecule has 0 amide bonds. The lowest BCUT2D eigenvalue weighted by Gasteiger charge is -2.20. The van der Waals surface area contributed by atoms with Crippen molar-refractivity contribution in [3.63, 3.8) is 0 Å². The molecule has 1 heterocycles. The van der Waals surface area contributed by atoms with Crippen molar-refractivity contribution in [1.82, 2.24) is 5.32 Å². The third-order valence-electron chi connectivity index (χ3n) is 3.42. The van der Waals surface area contributed by atoms with E-state index in [2.05, 4.69) is 68.0 Å². The summed E-state index contributed by atoms with van der Waals surface area (Å²) in [6.45, 7) is 11.9. The third-order valence-corrected chi connectivity index (χ3v) is 3.88. The molecule has 0 saturated carbocycles. The van der Waals surface area contributed by atoms with Crippen LogP contribution in [0.25, 0.3) is 11.0 Å². The lowest BCUT2D eigenvalue weighted by atomic mass is 9.99. The molecule has 2 aromatic rings. The van der Waals surface area contributed by atoms with Crippen LogP contribution in [0.3, 0.4) is 0 Å². The Morgan fingerprint density at radius 3 is 2.55 bits per heavy atom. The molecule has 0 aliphatic rings. The van der Waals surface area contributed by atoms with Crippen molar-refractivity contribution in [3.05, 3.63) is 34.0 Å². The number of benzene rings is 1. The van der Waals surface area contributed by atoms with Crippen molar-refractivity contribution in [2.24, 2.45) is 0 Å². The van der Waals surface area contributed by atoms with Gasteiger partial charge in [0.15, 0.2) is 0 Å². The van der Waals surface area contributed by atoms with Crippen molar-refractivity contribution in [3.8, 4) is 0 Å². The molecule has 1 aromatic carbocycles. The van der Waals surface area contributed by atoms with Gasteiger partial charge in [0, 0.05) is 15.4 Å². The smallest absolute Gasteiger partial charge is 0.137 e. The quantitative estimate of drug-likeness (QED) is 0.824. The fourth-order valence-corrected chi connectivity index (χ4v) is 2.85. The van der Waals surface area contributed by atoms with Crippen molar-refractivity contribution in [2.45, 2.75) is 52.5 Å². The van der Waals surface area contributed by atoms with Crippen LogP contribution in [0.15, 0.2) is 27.3 Å². The number of hydrogen-bond acceptors (Lipinski definition) is 2. The van der Waals surface area contributed by atoms with Gasteiger partial charge in [-0.2, -0.15) is 0 Å². The molecule has 2 rings (SSSR count). The van der Waals surface area contributed by atoms with Gasteiger partial charge < -0.3 is 9.73 Å². The van der Waals surface area contributed by atoms with Gasteiger partial charge in [-0.15, -0.1) is 0 Å². The summed E-state index contributed by atoms with van der Waals surface area (Å²) in [6.07, 6.45) is 2.89. The Morgan fingerprint density at radius 1 is 1.25 bits per heavy atom. The van der Waals surface area contributed by atoms with Crippen molar-refractivity contribution < 1.29 is 4.42 Å². The second-order valence-electron chi connectivity index (χ2n) is 6.71. The fourth-order valence-electron chi connectivity index (χ4n) is 2.37. The van der Waals surface area contributed by atoms with Crippen molar-refractivity contribution in [2.75, 3.05) is 6.54 Å². The lowest BCUT2D eigenvalue weighted by molar-refractivity contribution is 0.429. The summed E-state index contributed by atoms with van der Waals surface area (Å²) in [7, 11) is 0. The number of fused-ring (bicyclic) bond motifs is 1. The Labute approximate surface area is 130 Å². The number of hydrogen-bond donors (Lipinski definition) is 1. The average molecular weight is 338 g/mol. The van der Waals surface area contributed by atoms with E-state index >= 15 is 0 Å². The zero-order valence-corrected chi connectivity index (χ0v) is 14.6. The molecule has 0 bridgehead atoms. The molecule has 0 aliphatic heterocycles. The van der Waals surface area contributed by atoms with Crippen LogP contribution in [0.2, 0.25) is 0 Å². The Kier molecular flexibility index (Phi) is 4.60. The van der Waals surface area contributed by atoms with Gasteiger partial charge in [0.1, 0.15) is 5.58 Å². The summed E-state index contributed by atoms with van der Waals surface area (Å²) in [5.41, 5.74) is 3.74. The molecule has 1 aromatic heterocycles. The summed E-state index contributed by atoms with van der Waals surface area (Å²) >= 11 is 3.61. The van der Waals surface area contributed by atoms with Crippen LogP contribution in [0.4, 0.5) is 0 Å². The zero-order valence-electron chi connectivity index (χ0n) is 13.0. The maximum atomic E-state index is 5.83. The van der Waals surface area contributed by atoms with Gasteiger partial charge in [0.05, 0.1) is 6.26 Å². The highest BCUT2D eigenvalue weighted by molar-refractivity contribution is 9.10. The van der Waals surface area contributed by atoms with E-state index < -0.39 is 0 Å². The topological polar surface area (TPSA) is 25.2 Å². The number of halogens is 1. The first-order valence-electron chi connectivity index (χ1n) is 7.22. The molecule has 110 valence electrons. The SMILES string of the molecule is CC(C)c1cc(Br)cc2c(CCNC(C)(C)C)coc12. The molecular formula is C17H24BrNO. The number of nitrogens with one attached hydrogen (secondary N) is 1. The van der Waals surface area contributed by atoms with E-state index in [1.807, 2.05) is 6.26 Å². The van der Waals surface area contributed by atoms with E-state index in [1.54, 1.807) is 0 Å². The van der Waals surface area contributed by atoms with Crippen molar-refractivity contribution >= 4 is 26.9 Å². The van der Waals surface area contributed by atoms with E-state index in [4.69, 9.17) is 4.42 Å². The standard InChI is InChI=1S/C17H24BrNO/c1-11(2)14-8-13(18)9-15-12(10-20-16(14)15)6-7-19-17(3,4)5/h8-11,19H,6-7H2,1-5H3. The highest BCUT2D eigenvalue weighted by atomic mass is 79.9. The first-order valence-corrected chi connectivity index (χ1v) is 8.02. The molecule has 3 heteroatoms. The van der Waals surface area contributed by atoms with Crippen LogP contribution in [-0.4, -0.2) is 12.1 Å². The van der Waals surface area contributed by atoms with Gasteiger partial charge in [-0.05, 0) is 62.9 Å². The highest BCUT2D eigenvalue weighted by Crippen LogP contribution is 2.32. The van der Waals surface area contributed by atoms with E-state index in [0.29, 0.717) is 5.92 Å². The maximum Gasteiger partial charge on any atom is 0.137 e. The minimum absolute atomic E-state index is 0.156. The normalized spacial score (nSPS) is 12.6. The minimum atomic E-state index is 0.156. The second kappa shape index (κ2) is 5.90. The Bertz CT molecular complexity index is 593. The molecule has 2 nitrogen and oxygen atoms in total. The molecule has 0 radical (unpaired) electrons. The fraction of sp³-hybridized carbons (Fsp3) is 0.529. The van der Waals surface area contributed by atoms with Gasteiger partial charge in [-0.3, -0.25) is 0 Å². The molecule has 0 saturated heterocycles. The Hall–Kier alpha value is -0.800. The summed E-state index contributed by atoms with van der Waals surface area (Å²) in [4.78, 5) is 0. The summed E-state index contributed by atoms with van der Waals surface area (Å²) < 4.78 is 6.96. The van der Waals surface area contributed by atoms with Gasteiger partial charge >= 0.3 is 0 Å². The van der Waals surface area contributed by atoms with E-state index in [-0.39, 0.29) is 5.54 Å². The molecule has 0 aliphatic carbocycles. The van der Waals surface area contributed by atoms with Gasteiger partial charge in [0.2, 0.25) is 0 Å². The number of furan rings is 1. The Balaban J connectivity index is 2.27. The van der Waals surface area contributed by atoms with E-state index in [0.717, 1.165) is 23.0 Å². The summed E-state index contributed by atoms with van der Waals surface area (Å²) in [5, 5.41) is 4.76. The monoisotopic (exact) mass is 337 g/mol. The number of rotatable bonds is 4. The second-order valence-corrected chi connectivity index (χ2v) is 7.63. The van der Waals surface area contributed by atoms with Crippen LogP contribution >= 0.6 is 15.9 Å². The van der Waals surface area contributed by atoms with Crippen LogP contribution in [0, 0.1) is 0 Å². The van der Waals surface area contributed by atoms with Crippen LogP contribution in [0.5, 0.6) is 0 Å². The van der Waals surface area contributed by atoms with E-state index in [1.165, 1.54) is 16.5 Å². The summed E-state index contributed by atoms with van der Waals surface area (Å²) in [5.74, 6) is 0.460. The summed E-state index contributed by atoms with van der Waals surface area (Å²) in [6, 6.07) is 4.32. The molecule has 0 atom stereocenters. The van der Waals surface area contributed by atoms with Crippen molar-refractivity contribution in [1.29, 1.82) is 0 Å². The first kappa shape index (κ1) is 15.6. The largest absolute Gasteiger partial charge is 0.464 e. The third kappa shape index (κ3) is 3.64. The first-order chi connectivity index (χ1) is 9.28. The van der Waals surface area contributed by atoms with Gasteiger partial charge in [-0.1, -0.05) is 29.8 Å². The van der Waals surface area contributed by atoms with Gasteiger partial charge in [0.25, 0.3) is 0 Å². The zero-order chi connectivity index (χ0) is 14.9. The van der Waals surface area contributed by atoms with Crippen LogP contribution < -0.4 is 5.32 Å². The lowest BCUT2D eigenvalue weighted by Crippen LogP contribution is -2.37. The van der Waals surface area contributed by atoms with Gasteiger partial charge in [-0.25, -0.2) is 0 Å². The molecule has 20 heavy (non-hydrogen) atoms. The maximum absolute atomic E-state index is 5.83. The minimum Gasteiger partial charge on any atom is -0.464 e. The van der Waals surface area contributed by atoms with E-state index in [9.17, 15) is 0 Å². The average Bonchev–Trinajstić information content (AvgIpc) is 2.69. The molecule has 0 unspecified atom stereocenters. The van der Waals surface area contributed by atoms with Crippen LogP contribution in [0.1, 0.15) is 51.7 Å².